The van der Waals surface area contributed by atoms with E-state index in [9.17, 15) is 4.79 Å². The lowest BCUT2D eigenvalue weighted by Crippen LogP contribution is -2.08. The van der Waals surface area contributed by atoms with E-state index in [1.165, 1.54) is 19.3 Å². The maximum atomic E-state index is 12.8. The van der Waals surface area contributed by atoms with E-state index in [4.69, 9.17) is 4.42 Å². The number of aryl methyl sites for hydroxylation is 1. The summed E-state index contributed by atoms with van der Waals surface area (Å²) in [4.78, 5) is 12.8. The molecule has 0 amide bonds. The standard InChI is InChI=1S/C23H24O2/c1-2-3-4-7-16-20-17-21(18-12-8-5-9-13-18)25-23(24)22(20)19-14-10-6-11-15-19/h5-6,8-15,17H,2-4,7,16H2,1H3. The molecule has 25 heavy (non-hydrogen) atoms. The molecule has 2 nitrogen and oxygen atoms in total. The Bertz CT molecular complexity index is 848. The third kappa shape index (κ3) is 4.27. The summed E-state index contributed by atoms with van der Waals surface area (Å²) in [5, 5.41) is 0. The Morgan fingerprint density at radius 2 is 1.44 bits per heavy atom. The molecular weight excluding hydrogens is 308 g/mol. The molecule has 2 aromatic carbocycles. The predicted octanol–water partition coefficient (Wildman–Crippen LogP) is 6.10. The zero-order valence-corrected chi connectivity index (χ0v) is 14.7. The van der Waals surface area contributed by atoms with Gasteiger partial charge in [0.25, 0.3) is 0 Å². The quantitative estimate of drug-likeness (QED) is 0.490. The van der Waals surface area contributed by atoms with Gasteiger partial charge < -0.3 is 4.42 Å². The largest absolute Gasteiger partial charge is 0.422 e. The summed E-state index contributed by atoms with van der Waals surface area (Å²) in [6.07, 6.45) is 5.61. The van der Waals surface area contributed by atoms with Gasteiger partial charge in [-0.15, -0.1) is 0 Å². The van der Waals surface area contributed by atoms with E-state index < -0.39 is 0 Å². The molecule has 0 fully saturated rings. The fraction of sp³-hybridized carbons (Fsp3) is 0.261. The van der Waals surface area contributed by atoms with E-state index in [-0.39, 0.29) is 5.63 Å². The molecule has 0 radical (unpaired) electrons. The second-order valence-corrected chi connectivity index (χ2v) is 6.34. The molecule has 0 atom stereocenters. The van der Waals surface area contributed by atoms with E-state index in [0.29, 0.717) is 11.3 Å². The Balaban J connectivity index is 2.03. The van der Waals surface area contributed by atoms with Crippen LogP contribution in [-0.4, -0.2) is 0 Å². The van der Waals surface area contributed by atoms with Crippen LogP contribution in [0.3, 0.4) is 0 Å². The minimum absolute atomic E-state index is 0.252. The highest BCUT2D eigenvalue weighted by Gasteiger charge is 2.14. The highest BCUT2D eigenvalue weighted by Crippen LogP contribution is 2.27. The van der Waals surface area contributed by atoms with Crippen molar-refractivity contribution in [2.24, 2.45) is 0 Å². The first-order valence-corrected chi connectivity index (χ1v) is 9.07. The molecule has 0 N–H and O–H groups in total. The van der Waals surface area contributed by atoms with Gasteiger partial charge >= 0.3 is 5.63 Å². The Morgan fingerprint density at radius 1 is 0.800 bits per heavy atom. The van der Waals surface area contributed by atoms with Crippen LogP contribution in [-0.2, 0) is 6.42 Å². The van der Waals surface area contributed by atoms with Crippen molar-refractivity contribution in [2.75, 3.05) is 0 Å². The maximum Gasteiger partial charge on any atom is 0.344 e. The molecule has 128 valence electrons. The van der Waals surface area contributed by atoms with Gasteiger partial charge in [-0.25, -0.2) is 4.79 Å². The lowest BCUT2D eigenvalue weighted by molar-refractivity contribution is 0.525. The minimum Gasteiger partial charge on any atom is -0.422 e. The molecule has 0 saturated carbocycles. The van der Waals surface area contributed by atoms with E-state index in [2.05, 4.69) is 6.92 Å². The number of hydrogen-bond donors (Lipinski definition) is 0. The van der Waals surface area contributed by atoms with Gasteiger partial charge in [0.15, 0.2) is 0 Å². The summed E-state index contributed by atoms with van der Waals surface area (Å²) in [5.41, 5.74) is 3.41. The van der Waals surface area contributed by atoms with Gasteiger partial charge in [0, 0.05) is 5.56 Å². The first-order valence-electron chi connectivity index (χ1n) is 9.07. The Hall–Kier alpha value is -2.61. The van der Waals surface area contributed by atoms with Crippen LogP contribution in [0.1, 0.15) is 38.2 Å². The average Bonchev–Trinajstić information content (AvgIpc) is 2.66. The second-order valence-electron chi connectivity index (χ2n) is 6.34. The van der Waals surface area contributed by atoms with Gasteiger partial charge in [0.2, 0.25) is 0 Å². The monoisotopic (exact) mass is 332 g/mol. The first-order chi connectivity index (χ1) is 12.3. The van der Waals surface area contributed by atoms with Crippen molar-refractivity contribution in [1.29, 1.82) is 0 Å². The van der Waals surface area contributed by atoms with Crippen molar-refractivity contribution >= 4 is 0 Å². The van der Waals surface area contributed by atoms with Gasteiger partial charge in [0.1, 0.15) is 5.76 Å². The molecule has 1 heterocycles. The molecule has 0 spiro atoms. The summed E-state index contributed by atoms with van der Waals surface area (Å²) < 4.78 is 5.66. The van der Waals surface area contributed by atoms with Gasteiger partial charge in [0.05, 0.1) is 5.56 Å². The highest BCUT2D eigenvalue weighted by atomic mass is 16.4. The lowest BCUT2D eigenvalue weighted by Gasteiger charge is -2.11. The first kappa shape index (κ1) is 17.2. The van der Waals surface area contributed by atoms with E-state index in [0.717, 1.165) is 29.5 Å². The van der Waals surface area contributed by atoms with Gasteiger partial charge in [-0.3, -0.25) is 0 Å². The minimum atomic E-state index is -0.252. The summed E-state index contributed by atoms with van der Waals surface area (Å²) in [6.45, 7) is 2.21. The molecule has 3 aromatic rings. The van der Waals surface area contributed by atoms with Gasteiger partial charge in [-0.1, -0.05) is 86.8 Å². The van der Waals surface area contributed by atoms with Crippen molar-refractivity contribution in [3.63, 3.8) is 0 Å². The number of benzene rings is 2. The molecule has 0 aliphatic rings. The van der Waals surface area contributed by atoms with Crippen LogP contribution in [0.25, 0.3) is 22.5 Å². The Labute approximate surface area is 149 Å². The topological polar surface area (TPSA) is 30.2 Å². The van der Waals surface area contributed by atoms with Crippen molar-refractivity contribution in [1.82, 2.24) is 0 Å². The molecule has 0 aliphatic carbocycles. The number of hydrogen-bond acceptors (Lipinski definition) is 2. The van der Waals surface area contributed by atoms with Crippen LogP contribution in [0.4, 0.5) is 0 Å². The Morgan fingerprint density at radius 3 is 2.08 bits per heavy atom. The zero-order valence-electron chi connectivity index (χ0n) is 14.7. The fourth-order valence-corrected chi connectivity index (χ4v) is 3.13. The van der Waals surface area contributed by atoms with Gasteiger partial charge in [-0.05, 0) is 30.0 Å². The smallest absolute Gasteiger partial charge is 0.344 e. The summed E-state index contributed by atoms with van der Waals surface area (Å²) in [5.74, 6) is 0.649. The molecule has 3 rings (SSSR count). The molecular formula is C23H24O2. The third-order valence-corrected chi connectivity index (χ3v) is 4.45. The summed E-state index contributed by atoms with van der Waals surface area (Å²) in [7, 11) is 0. The van der Waals surface area contributed by atoms with Crippen molar-refractivity contribution in [3.05, 3.63) is 82.7 Å². The van der Waals surface area contributed by atoms with Crippen LogP contribution in [0.15, 0.2) is 75.9 Å². The second kappa shape index (κ2) is 8.48. The van der Waals surface area contributed by atoms with Crippen LogP contribution < -0.4 is 5.63 Å². The lowest BCUT2D eigenvalue weighted by atomic mass is 9.96. The summed E-state index contributed by atoms with van der Waals surface area (Å²) in [6, 6.07) is 21.7. The van der Waals surface area contributed by atoms with E-state index in [1.807, 2.05) is 66.7 Å². The molecule has 0 bridgehead atoms. The Kier molecular flexibility index (Phi) is 5.84. The molecule has 2 heteroatoms. The van der Waals surface area contributed by atoms with Crippen molar-refractivity contribution in [2.45, 2.75) is 39.0 Å². The van der Waals surface area contributed by atoms with Crippen molar-refractivity contribution in [3.8, 4) is 22.5 Å². The van der Waals surface area contributed by atoms with Crippen molar-refractivity contribution < 1.29 is 4.42 Å². The zero-order chi connectivity index (χ0) is 17.5. The van der Waals surface area contributed by atoms with Crippen LogP contribution in [0.5, 0.6) is 0 Å². The highest BCUT2D eigenvalue weighted by molar-refractivity contribution is 5.69. The molecule has 1 aromatic heterocycles. The van der Waals surface area contributed by atoms with Crippen LogP contribution in [0, 0.1) is 0 Å². The average molecular weight is 332 g/mol. The molecule has 0 saturated heterocycles. The van der Waals surface area contributed by atoms with Crippen LogP contribution in [0.2, 0.25) is 0 Å². The molecule has 0 unspecified atom stereocenters. The number of rotatable bonds is 7. The van der Waals surface area contributed by atoms with Crippen LogP contribution >= 0.6 is 0 Å². The predicted molar refractivity (Wildman–Crippen MR) is 104 cm³/mol. The van der Waals surface area contributed by atoms with Gasteiger partial charge in [-0.2, -0.15) is 0 Å². The van der Waals surface area contributed by atoms with E-state index in [1.54, 1.807) is 0 Å². The summed E-state index contributed by atoms with van der Waals surface area (Å²) >= 11 is 0. The third-order valence-electron chi connectivity index (χ3n) is 4.45. The van der Waals surface area contributed by atoms with E-state index >= 15 is 0 Å². The maximum absolute atomic E-state index is 12.8. The fourth-order valence-electron chi connectivity index (χ4n) is 3.13. The normalized spacial score (nSPS) is 10.8. The molecule has 0 aliphatic heterocycles. The number of unbranched alkanes of at least 4 members (excludes halogenated alkanes) is 3. The SMILES string of the molecule is CCCCCCc1cc(-c2ccccc2)oc(=O)c1-c1ccccc1.